The molecule has 1 rings (SSSR count). The van der Waals surface area contributed by atoms with E-state index < -0.39 is 12.1 Å². The highest BCUT2D eigenvalue weighted by Crippen LogP contribution is 2.13. The summed E-state index contributed by atoms with van der Waals surface area (Å²) in [5.74, 6) is -0.0268. The smallest absolute Gasteiger partial charge is 0.407 e. The number of carbonyl (C=O) groups is 3. The van der Waals surface area contributed by atoms with Crippen LogP contribution in [-0.4, -0.2) is 54.7 Å². The third-order valence-electron chi connectivity index (χ3n) is 2.80. The van der Waals surface area contributed by atoms with Crippen LogP contribution in [-0.2, 0) is 14.3 Å². The molecule has 0 aromatic carbocycles. The Kier molecular flexibility index (Phi) is 8.03. The number of amides is 2. The van der Waals surface area contributed by atoms with Crippen LogP contribution in [0.4, 0.5) is 4.79 Å². The van der Waals surface area contributed by atoms with Crippen molar-refractivity contribution in [2.45, 2.75) is 26.8 Å². The number of rotatable bonds is 3. The third-order valence-corrected chi connectivity index (χ3v) is 2.80. The lowest BCUT2D eigenvalue weighted by molar-refractivity contribution is -0.133. The summed E-state index contributed by atoms with van der Waals surface area (Å²) in [4.78, 5) is 33.5. The molecule has 0 aromatic rings. The van der Waals surface area contributed by atoms with Gasteiger partial charge in [-0.15, -0.1) is 0 Å². The summed E-state index contributed by atoms with van der Waals surface area (Å²) in [5, 5.41) is 9.47. The number of hydrogen-bond donors (Lipinski definition) is 2. The first-order valence-electron chi connectivity index (χ1n) is 6.24. The molecule has 1 aliphatic rings. The molecule has 20 heavy (non-hydrogen) atoms. The standard InChI is InChI=1S/C12H20N2O3.CH2O2/c1-8(2)10(13-12(16)17-4)11(15)14-6-5-9(3)7-14;2-1-3/h5,8,10H,6-7H2,1-4H3,(H,13,16);1H,(H,2,3). The van der Waals surface area contributed by atoms with E-state index in [1.807, 2.05) is 26.8 Å². The summed E-state index contributed by atoms with van der Waals surface area (Å²) < 4.78 is 4.53. The van der Waals surface area contributed by atoms with E-state index in [0.717, 1.165) is 0 Å². The highest BCUT2D eigenvalue weighted by molar-refractivity contribution is 5.86. The van der Waals surface area contributed by atoms with E-state index in [-0.39, 0.29) is 18.3 Å². The van der Waals surface area contributed by atoms with Gasteiger partial charge in [0.2, 0.25) is 5.91 Å². The van der Waals surface area contributed by atoms with Gasteiger partial charge in [-0.05, 0) is 12.8 Å². The van der Waals surface area contributed by atoms with Crippen LogP contribution in [0.15, 0.2) is 11.6 Å². The Morgan fingerprint density at radius 2 is 2.05 bits per heavy atom. The fraction of sp³-hybridized carbons (Fsp3) is 0.615. The van der Waals surface area contributed by atoms with Gasteiger partial charge in [0.05, 0.1) is 7.11 Å². The Bertz CT molecular complexity index is 379. The summed E-state index contributed by atoms with van der Waals surface area (Å²) in [7, 11) is 1.29. The molecule has 0 fully saturated rings. The SMILES string of the molecule is COC(=O)NC(C(=O)N1CC=C(C)C1)C(C)C.O=CO. The van der Waals surface area contributed by atoms with Crippen molar-refractivity contribution in [3.05, 3.63) is 11.6 Å². The van der Waals surface area contributed by atoms with E-state index in [9.17, 15) is 9.59 Å². The number of nitrogens with zero attached hydrogens (tertiary/aromatic N) is 1. The van der Waals surface area contributed by atoms with Crippen LogP contribution in [0.1, 0.15) is 20.8 Å². The lowest BCUT2D eigenvalue weighted by Crippen LogP contribution is -2.50. The van der Waals surface area contributed by atoms with E-state index in [1.165, 1.54) is 12.7 Å². The Hall–Kier alpha value is -2.05. The second-order valence-corrected chi connectivity index (χ2v) is 4.73. The first-order valence-corrected chi connectivity index (χ1v) is 6.24. The highest BCUT2D eigenvalue weighted by Gasteiger charge is 2.29. The number of nitrogens with one attached hydrogen (secondary N) is 1. The fourth-order valence-electron chi connectivity index (χ4n) is 1.76. The molecular formula is C13H22N2O5. The molecular weight excluding hydrogens is 264 g/mol. The lowest BCUT2D eigenvalue weighted by Gasteiger charge is -2.26. The zero-order valence-corrected chi connectivity index (χ0v) is 12.3. The minimum atomic E-state index is -0.569. The molecule has 0 bridgehead atoms. The zero-order chi connectivity index (χ0) is 15.7. The van der Waals surface area contributed by atoms with Gasteiger partial charge in [0.15, 0.2) is 0 Å². The summed E-state index contributed by atoms with van der Waals surface area (Å²) in [6.07, 6.45) is 1.45. The molecule has 7 nitrogen and oxygen atoms in total. The van der Waals surface area contributed by atoms with Crippen molar-refractivity contribution in [2.75, 3.05) is 20.2 Å². The third kappa shape index (κ3) is 5.73. The van der Waals surface area contributed by atoms with Gasteiger partial charge >= 0.3 is 6.09 Å². The summed E-state index contributed by atoms with van der Waals surface area (Å²) in [6, 6.07) is -0.526. The minimum Gasteiger partial charge on any atom is -0.483 e. The van der Waals surface area contributed by atoms with E-state index in [2.05, 4.69) is 10.1 Å². The number of ether oxygens (including phenoxy) is 1. The maximum atomic E-state index is 12.2. The second-order valence-electron chi connectivity index (χ2n) is 4.73. The van der Waals surface area contributed by atoms with Crippen molar-refractivity contribution in [1.82, 2.24) is 10.2 Å². The van der Waals surface area contributed by atoms with Crippen molar-refractivity contribution in [2.24, 2.45) is 5.92 Å². The number of alkyl carbamates (subject to hydrolysis) is 1. The molecule has 0 radical (unpaired) electrons. The lowest BCUT2D eigenvalue weighted by atomic mass is 10.0. The van der Waals surface area contributed by atoms with Crippen LogP contribution in [0.25, 0.3) is 0 Å². The number of methoxy groups -OCH3 is 1. The van der Waals surface area contributed by atoms with Gasteiger partial charge in [-0.25, -0.2) is 4.79 Å². The summed E-state index contributed by atoms with van der Waals surface area (Å²) in [5.41, 5.74) is 1.18. The van der Waals surface area contributed by atoms with Crippen LogP contribution in [0.3, 0.4) is 0 Å². The quantitative estimate of drug-likeness (QED) is 0.592. The number of carboxylic acid groups (broad SMARTS) is 1. The molecule has 114 valence electrons. The van der Waals surface area contributed by atoms with Crippen LogP contribution >= 0.6 is 0 Å². The molecule has 0 aliphatic carbocycles. The first kappa shape index (κ1) is 17.9. The van der Waals surface area contributed by atoms with Gasteiger partial charge in [0.1, 0.15) is 6.04 Å². The second kappa shape index (κ2) is 8.95. The van der Waals surface area contributed by atoms with Crippen LogP contribution < -0.4 is 5.32 Å². The first-order chi connectivity index (χ1) is 9.37. The molecule has 1 atom stereocenters. The predicted octanol–water partition coefficient (Wildman–Crippen LogP) is 0.856. The molecule has 0 aromatic heterocycles. The number of hydrogen-bond acceptors (Lipinski definition) is 4. The molecule has 0 spiro atoms. The maximum absolute atomic E-state index is 12.2. The van der Waals surface area contributed by atoms with Crippen LogP contribution in [0, 0.1) is 5.92 Å². The summed E-state index contributed by atoms with van der Waals surface area (Å²) >= 11 is 0. The maximum Gasteiger partial charge on any atom is 0.407 e. The Morgan fingerprint density at radius 1 is 1.50 bits per heavy atom. The van der Waals surface area contributed by atoms with Gasteiger partial charge in [-0.2, -0.15) is 0 Å². The minimum absolute atomic E-state index is 0.0301. The van der Waals surface area contributed by atoms with Gasteiger partial charge in [0, 0.05) is 13.1 Å². The van der Waals surface area contributed by atoms with E-state index in [4.69, 9.17) is 9.90 Å². The van der Waals surface area contributed by atoms with E-state index >= 15 is 0 Å². The van der Waals surface area contributed by atoms with Gasteiger partial charge in [0.25, 0.3) is 6.47 Å². The van der Waals surface area contributed by atoms with Gasteiger partial charge in [-0.1, -0.05) is 25.5 Å². The van der Waals surface area contributed by atoms with Crippen molar-refractivity contribution >= 4 is 18.5 Å². The zero-order valence-electron chi connectivity index (χ0n) is 12.3. The Morgan fingerprint density at radius 3 is 2.40 bits per heavy atom. The fourth-order valence-corrected chi connectivity index (χ4v) is 1.76. The highest BCUT2D eigenvalue weighted by atomic mass is 16.5. The molecule has 1 unspecified atom stereocenters. The molecule has 1 heterocycles. The van der Waals surface area contributed by atoms with Crippen molar-refractivity contribution < 1.29 is 24.2 Å². The normalized spacial score (nSPS) is 14.8. The average molecular weight is 286 g/mol. The van der Waals surface area contributed by atoms with Crippen molar-refractivity contribution in [3.63, 3.8) is 0 Å². The molecule has 1 aliphatic heterocycles. The molecule has 0 saturated carbocycles. The van der Waals surface area contributed by atoms with Crippen molar-refractivity contribution in [1.29, 1.82) is 0 Å². The largest absolute Gasteiger partial charge is 0.483 e. The van der Waals surface area contributed by atoms with Gasteiger partial charge in [-0.3, -0.25) is 9.59 Å². The summed E-state index contributed by atoms with van der Waals surface area (Å²) in [6.45, 7) is 6.80. The molecule has 0 saturated heterocycles. The van der Waals surface area contributed by atoms with Crippen LogP contribution in [0.2, 0.25) is 0 Å². The Balaban J connectivity index is 0.00000110. The Labute approximate surface area is 118 Å². The molecule has 7 heteroatoms. The van der Waals surface area contributed by atoms with Crippen molar-refractivity contribution in [3.8, 4) is 0 Å². The van der Waals surface area contributed by atoms with Crippen LogP contribution in [0.5, 0.6) is 0 Å². The van der Waals surface area contributed by atoms with Gasteiger partial charge < -0.3 is 20.1 Å². The monoisotopic (exact) mass is 286 g/mol. The topological polar surface area (TPSA) is 95.9 Å². The average Bonchev–Trinajstić information content (AvgIpc) is 2.82. The molecule has 2 amide bonds. The predicted molar refractivity (Wildman–Crippen MR) is 73.2 cm³/mol. The van der Waals surface area contributed by atoms with E-state index in [0.29, 0.717) is 13.1 Å². The number of carbonyl (C=O) groups excluding carboxylic acids is 2. The molecule has 2 N–H and O–H groups in total. The van der Waals surface area contributed by atoms with E-state index in [1.54, 1.807) is 4.90 Å².